The van der Waals surface area contributed by atoms with Crippen LogP contribution in [0.15, 0.2) is 76.6 Å². The third-order valence-corrected chi connectivity index (χ3v) is 6.56. The molecule has 1 saturated heterocycles. The number of benzene rings is 3. The number of carbonyl (C=O) groups excluding carboxylic acids is 1. The van der Waals surface area contributed by atoms with E-state index < -0.39 is 0 Å². The molecule has 0 aliphatic carbocycles. The average molecular weight is 487 g/mol. The van der Waals surface area contributed by atoms with Gasteiger partial charge in [0.05, 0.1) is 17.7 Å². The fraction of sp³-hybridized carbons (Fsp3) is 0.241. The zero-order valence-electron chi connectivity index (χ0n) is 20.7. The van der Waals surface area contributed by atoms with Crippen molar-refractivity contribution in [3.8, 4) is 11.5 Å². The topological polar surface area (TPSA) is 51.1 Å². The number of methoxy groups -OCH3 is 1. The largest absolute Gasteiger partial charge is 0.493 e. The fourth-order valence-corrected chi connectivity index (χ4v) is 4.88. The predicted octanol–water partition coefficient (Wildman–Crippen LogP) is 6.90. The van der Waals surface area contributed by atoms with Gasteiger partial charge in [0, 0.05) is 6.04 Å². The quantitative estimate of drug-likeness (QED) is 0.341. The molecule has 0 N–H and O–H groups in total. The van der Waals surface area contributed by atoms with Crippen molar-refractivity contribution < 1.29 is 14.3 Å². The summed E-state index contributed by atoms with van der Waals surface area (Å²) in [6, 6.07) is 21.9. The minimum Gasteiger partial charge on any atom is -0.493 e. The number of hydrogen-bond acceptors (Lipinski definition) is 5. The van der Waals surface area contributed by atoms with Gasteiger partial charge in [-0.25, -0.2) is 4.99 Å². The van der Waals surface area contributed by atoms with Crippen molar-refractivity contribution in [2.45, 2.75) is 40.3 Å². The second-order valence-corrected chi connectivity index (χ2v) is 9.81. The molecule has 0 bridgehead atoms. The van der Waals surface area contributed by atoms with Gasteiger partial charge in [-0.1, -0.05) is 53.6 Å². The number of nitrogens with zero attached hydrogens (tertiary/aromatic N) is 2. The number of rotatable bonds is 7. The van der Waals surface area contributed by atoms with E-state index in [2.05, 4.69) is 19.1 Å². The molecular formula is C29H30N2O3S. The van der Waals surface area contributed by atoms with E-state index >= 15 is 0 Å². The highest BCUT2D eigenvalue weighted by molar-refractivity contribution is 8.18. The summed E-state index contributed by atoms with van der Waals surface area (Å²) in [4.78, 5) is 20.3. The van der Waals surface area contributed by atoms with Crippen LogP contribution in [0.2, 0.25) is 0 Å². The zero-order chi connectivity index (χ0) is 24.9. The molecule has 0 atom stereocenters. The van der Waals surface area contributed by atoms with Crippen molar-refractivity contribution >= 4 is 34.6 Å². The van der Waals surface area contributed by atoms with Crippen LogP contribution < -0.4 is 9.47 Å². The van der Waals surface area contributed by atoms with Crippen molar-refractivity contribution in [2.24, 2.45) is 4.99 Å². The first-order chi connectivity index (χ1) is 16.8. The van der Waals surface area contributed by atoms with E-state index in [1.54, 1.807) is 12.0 Å². The van der Waals surface area contributed by atoms with Crippen molar-refractivity contribution in [3.05, 3.63) is 93.9 Å². The number of carbonyl (C=O) groups is 1. The van der Waals surface area contributed by atoms with Crippen molar-refractivity contribution in [1.82, 2.24) is 4.90 Å². The summed E-state index contributed by atoms with van der Waals surface area (Å²) in [5.74, 6) is 1.23. The number of aryl methyl sites for hydroxylation is 2. The molecule has 5 nitrogen and oxygen atoms in total. The van der Waals surface area contributed by atoms with Crippen LogP contribution in [-0.4, -0.2) is 29.1 Å². The summed E-state index contributed by atoms with van der Waals surface area (Å²) >= 11 is 1.39. The normalized spacial score (nSPS) is 15.9. The number of hydrogen-bond donors (Lipinski definition) is 0. The van der Waals surface area contributed by atoms with Gasteiger partial charge in [0.2, 0.25) is 0 Å². The Morgan fingerprint density at radius 2 is 1.74 bits per heavy atom. The van der Waals surface area contributed by atoms with E-state index in [0.717, 1.165) is 16.8 Å². The van der Waals surface area contributed by atoms with Gasteiger partial charge in [0.1, 0.15) is 6.61 Å². The molecule has 0 radical (unpaired) electrons. The van der Waals surface area contributed by atoms with Gasteiger partial charge in [-0.15, -0.1) is 0 Å². The Morgan fingerprint density at radius 1 is 0.971 bits per heavy atom. The van der Waals surface area contributed by atoms with Gasteiger partial charge in [0.25, 0.3) is 5.91 Å². The number of thioether (sulfide) groups is 1. The molecule has 35 heavy (non-hydrogen) atoms. The summed E-state index contributed by atoms with van der Waals surface area (Å²) in [6.07, 6.45) is 1.88. The van der Waals surface area contributed by atoms with E-state index in [-0.39, 0.29) is 11.9 Å². The smallest absolute Gasteiger partial charge is 0.266 e. The lowest BCUT2D eigenvalue weighted by atomic mass is 10.1. The minimum atomic E-state index is -0.0467. The first-order valence-corrected chi connectivity index (χ1v) is 12.4. The summed E-state index contributed by atoms with van der Waals surface area (Å²) in [7, 11) is 1.62. The third kappa shape index (κ3) is 5.95. The molecule has 180 valence electrons. The lowest BCUT2D eigenvalue weighted by molar-refractivity contribution is -0.123. The highest BCUT2D eigenvalue weighted by Gasteiger charge is 2.35. The van der Waals surface area contributed by atoms with Gasteiger partial charge in [-0.3, -0.25) is 9.69 Å². The van der Waals surface area contributed by atoms with Gasteiger partial charge in [0.15, 0.2) is 16.7 Å². The maximum absolute atomic E-state index is 13.2. The van der Waals surface area contributed by atoms with E-state index in [4.69, 9.17) is 14.5 Å². The van der Waals surface area contributed by atoms with Crippen LogP contribution in [0.4, 0.5) is 5.69 Å². The highest BCUT2D eigenvalue weighted by atomic mass is 32.2. The number of amides is 1. The third-order valence-electron chi connectivity index (χ3n) is 5.57. The Kier molecular flexibility index (Phi) is 7.61. The van der Waals surface area contributed by atoms with Gasteiger partial charge in [-0.2, -0.15) is 0 Å². The van der Waals surface area contributed by atoms with E-state index in [9.17, 15) is 4.79 Å². The molecule has 3 aromatic carbocycles. The number of aliphatic imine (C=N–C) groups is 1. The molecular weight excluding hydrogens is 456 g/mol. The molecule has 1 amide bonds. The SMILES string of the molecule is COc1cc(/C=C2/SC(=Nc3ccc(C)cc3)N(C(C)C)C2=O)ccc1OCc1cccc(C)c1. The molecule has 3 aromatic rings. The lowest BCUT2D eigenvalue weighted by Gasteiger charge is -2.19. The molecule has 0 aromatic heterocycles. The Bertz CT molecular complexity index is 1280. The second-order valence-electron chi connectivity index (χ2n) is 8.80. The number of amidine groups is 1. The Balaban J connectivity index is 1.56. The molecule has 0 unspecified atom stereocenters. The Hall–Kier alpha value is -3.51. The van der Waals surface area contributed by atoms with E-state index in [1.807, 2.05) is 81.4 Å². The Labute approximate surface area is 211 Å². The van der Waals surface area contributed by atoms with Crippen LogP contribution >= 0.6 is 11.8 Å². The monoisotopic (exact) mass is 486 g/mol. The predicted molar refractivity (Wildman–Crippen MR) is 144 cm³/mol. The maximum atomic E-state index is 13.2. The van der Waals surface area contributed by atoms with Gasteiger partial charge in [-0.05, 0) is 80.9 Å². The standard InChI is InChI=1S/C29H30N2O3S/c1-19(2)31-28(32)27(35-29(31)30-24-12-9-20(3)10-13-24)17-22-11-14-25(26(16-22)33-5)34-18-23-8-6-7-21(4)15-23/h6-17,19H,18H2,1-5H3/b27-17+,30-29?. The molecule has 1 heterocycles. The average Bonchev–Trinajstić information content (AvgIpc) is 3.14. The zero-order valence-corrected chi connectivity index (χ0v) is 21.6. The van der Waals surface area contributed by atoms with Crippen LogP contribution in [0.1, 0.15) is 36.1 Å². The Morgan fingerprint density at radius 3 is 2.43 bits per heavy atom. The fourth-order valence-electron chi connectivity index (χ4n) is 3.76. The van der Waals surface area contributed by atoms with Crippen LogP contribution in [0, 0.1) is 13.8 Å². The molecule has 1 aliphatic heterocycles. The summed E-state index contributed by atoms with van der Waals surface area (Å²) < 4.78 is 11.6. The molecule has 0 spiro atoms. The van der Waals surface area contributed by atoms with E-state index in [0.29, 0.717) is 28.2 Å². The van der Waals surface area contributed by atoms with Crippen LogP contribution in [0.25, 0.3) is 6.08 Å². The van der Waals surface area contributed by atoms with Crippen molar-refractivity contribution in [1.29, 1.82) is 0 Å². The van der Waals surface area contributed by atoms with Crippen LogP contribution in [0.5, 0.6) is 11.5 Å². The van der Waals surface area contributed by atoms with E-state index in [1.165, 1.54) is 22.9 Å². The summed E-state index contributed by atoms with van der Waals surface area (Å²) in [5.41, 5.74) is 5.15. The number of ether oxygens (including phenoxy) is 2. The van der Waals surface area contributed by atoms with Gasteiger partial charge >= 0.3 is 0 Å². The summed E-state index contributed by atoms with van der Waals surface area (Å²) in [5, 5.41) is 0.685. The molecule has 1 aliphatic rings. The first-order valence-electron chi connectivity index (χ1n) is 11.6. The van der Waals surface area contributed by atoms with Crippen molar-refractivity contribution in [2.75, 3.05) is 7.11 Å². The molecule has 6 heteroatoms. The lowest BCUT2D eigenvalue weighted by Crippen LogP contribution is -2.35. The molecule has 4 rings (SSSR count). The molecule has 1 fully saturated rings. The summed E-state index contributed by atoms with van der Waals surface area (Å²) in [6.45, 7) is 8.55. The van der Waals surface area contributed by atoms with Crippen LogP contribution in [-0.2, 0) is 11.4 Å². The maximum Gasteiger partial charge on any atom is 0.266 e. The molecule has 0 saturated carbocycles. The van der Waals surface area contributed by atoms with Crippen LogP contribution in [0.3, 0.4) is 0 Å². The minimum absolute atomic E-state index is 0.00275. The van der Waals surface area contributed by atoms with Crippen molar-refractivity contribution in [3.63, 3.8) is 0 Å². The van der Waals surface area contributed by atoms with Gasteiger partial charge < -0.3 is 9.47 Å². The second kappa shape index (κ2) is 10.8. The first kappa shape index (κ1) is 24.6. The highest BCUT2D eigenvalue weighted by Crippen LogP contribution is 2.37.